The van der Waals surface area contributed by atoms with E-state index in [2.05, 4.69) is 59.0 Å². The van der Waals surface area contributed by atoms with Crippen LogP contribution in [-0.2, 0) is 10.3 Å². The lowest BCUT2D eigenvalue weighted by molar-refractivity contribution is -0.0467. The number of hydrogen-bond acceptors (Lipinski definition) is 4. The summed E-state index contributed by atoms with van der Waals surface area (Å²) >= 11 is 0. The maximum absolute atomic E-state index is 6.16. The van der Waals surface area contributed by atoms with Crippen LogP contribution in [0.5, 0.6) is 0 Å². The summed E-state index contributed by atoms with van der Waals surface area (Å²) < 4.78 is 6.16. The lowest BCUT2D eigenvalue weighted by Gasteiger charge is -2.41. The normalized spacial score (nSPS) is 21.2. The molecule has 0 N–H and O–H groups in total. The van der Waals surface area contributed by atoms with Crippen LogP contribution in [0.3, 0.4) is 0 Å². The van der Waals surface area contributed by atoms with E-state index in [1.807, 2.05) is 18.2 Å². The van der Waals surface area contributed by atoms with E-state index in [9.17, 15) is 0 Å². The van der Waals surface area contributed by atoms with Crippen molar-refractivity contribution in [1.82, 2.24) is 9.97 Å². The highest BCUT2D eigenvalue weighted by atomic mass is 16.5. The molecule has 0 bridgehead atoms. The summed E-state index contributed by atoms with van der Waals surface area (Å²) in [6, 6.07) is 16.6. The van der Waals surface area contributed by atoms with Crippen molar-refractivity contribution >= 4 is 16.7 Å². The molecule has 0 spiro atoms. The number of anilines is 1. The number of fused-ring (bicyclic) bond motifs is 1. The van der Waals surface area contributed by atoms with Crippen LogP contribution in [0, 0.1) is 6.92 Å². The highest BCUT2D eigenvalue weighted by molar-refractivity contribution is 5.92. The van der Waals surface area contributed by atoms with Crippen molar-refractivity contribution in [2.75, 3.05) is 24.6 Å². The average molecular weight is 319 g/mol. The molecule has 4 heteroatoms. The van der Waals surface area contributed by atoms with Gasteiger partial charge in [-0.15, -0.1) is 0 Å². The second kappa shape index (κ2) is 5.87. The van der Waals surface area contributed by atoms with Gasteiger partial charge in [0.1, 0.15) is 17.7 Å². The highest BCUT2D eigenvalue weighted by Crippen LogP contribution is 2.34. The minimum atomic E-state index is -0.334. The molecular formula is C20H21N3O. The van der Waals surface area contributed by atoms with Gasteiger partial charge < -0.3 is 9.64 Å². The first-order chi connectivity index (χ1) is 11.7. The number of benzene rings is 2. The van der Waals surface area contributed by atoms with E-state index in [-0.39, 0.29) is 5.60 Å². The average Bonchev–Trinajstić information content (AvgIpc) is 2.62. The van der Waals surface area contributed by atoms with Gasteiger partial charge in [-0.25, -0.2) is 9.97 Å². The van der Waals surface area contributed by atoms with Gasteiger partial charge >= 0.3 is 0 Å². The van der Waals surface area contributed by atoms with Crippen LogP contribution in [0.1, 0.15) is 18.1 Å². The summed E-state index contributed by atoms with van der Waals surface area (Å²) in [5, 5.41) is 1.14. The number of rotatable bonds is 2. The fourth-order valence-corrected chi connectivity index (χ4v) is 3.52. The molecule has 1 fully saturated rings. The molecule has 1 atom stereocenters. The van der Waals surface area contributed by atoms with Crippen molar-refractivity contribution in [2.45, 2.75) is 19.4 Å². The Kier molecular flexibility index (Phi) is 3.69. The summed E-state index contributed by atoms with van der Waals surface area (Å²) in [5.41, 5.74) is 3.06. The number of aryl methyl sites for hydroxylation is 1. The lowest BCUT2D eigenvalue weighted by Crippen LogP contribution is -2.48. The van der Waals surface area contributed by atoms with Gasteiger partial charge in [0.25, 0.3) is 0 Å². The maximum atomic E-state index is 6.16. The first-order valence-electron chi connectivity index (χ1n) is 8.32. The molecule has 4 nitrogen and oxygen atoms in total. The first kappa shape index (κ1) is 15.1. The standard InChI is InChI=1S/C20H21N3O/c1-15-7-6-10-17-18(15)19(22-14-21-17)23-11-12-24-20(2,13-23)16-8-4-3-5-9-16/h3-10,14H,11-13H2,1-2H3. The third-order valence-corrected chi connectivity index (χ3v) is 4.81. The third kappa shape index (κ3) is 2.53. The molecule has 0 amide bonds. The molecule has 1 saturated heterocycles. The molecule has 1 aromatic heterocycles. The van der Waals surface area contributed by atoms with Gasteiger partial charge in [0.15, 0.2) is 0 Å². The number of morpholine rings is 1. The Morgan fingerprint density at radius 3 is 2.71 bits per heavy atom. The van der Waals surface area contributed by atoms with E-state index in [4.69, 9.17) is 4.74 Å². The number of aromatic nitrogens is 2. The largest absolute Gasteiger partial charge is 0.367 e. The molecule has 0 radical (unpaired) electrons. The Hall–Kier alpha value is -2.46. The van der Waals surface area contributed by atoms with Crippen molar-refractivity contribution in [3.8, 4) is 0 Å². The highest BCUT2D eigenvalue weighted by Gasteiger charge is 2.34. The Labute approximate surface area is 142 Å². The summed E-state index contributed by atoms with van der Waals surface area (Å²) in [7, 11) is 0. The zero-order chi connectivity index (χ0) is 16.6. The molecule has 2 heterocycles. The first-order valence-corrected chi connectivity index (χ1v) is 8.32. The third-order valence-electron chi connectivity index (χ3n) is 4.81. The Bertz CT molecular complexity index is 860. The van der Waals surface area contributed by atoms with E-state index >= 15 is 0 Å². The predicted octanol–water partition coefficient (Wildman–Crippen LogP) is 3.69. The Morgan fingerprint density at radius 1 is 1.04 bits per heavy atom. The number of ether oxygens (including phenoxy) is 1. The molecule has 122 valence electrons. The van der Waals surface area contributed by atoms with Crippen LogP contribution in [0.2, 0.25) is 0 Å². The van der Waals surface area contributed by atoms with Crippen molar-refractivity contribution in [3.63, 3.8) is 0 Å². The Morgan fingerprint density at radius 2 is 1.88 bits per heavy atom. The van der Waals surface area contributed by atoms with E-state index in [1.54, 1.807) is 6.33 Å². The molecule has 1 aliphatic rings. The summed E-state index contributed by atoms with van der Waals surface area (Å²) in [6.45, 7) is 6.57. The summed E-state index contributed by atoms with van der Waals surface area (Å²) in [4.78, 5) is 11.4. The van der Waals surface area contributed by atoms with Gasteiger partial charge in [-0.3, -0.25) is 0 Å². The minimum absolute atomic E-state index is 0.334. The second-order valence-electron chi connectivity index (χ2n) is 6.53. The van der Waals surface area contributed by atoms with E-state index in [1.165, 1.54) is 11.1 Å². The van der Waals surface area contributed by atoms with Gasteiger partial charge in [-0.05, 0) is 31.0 Å². The van der Waals surface area contributed by atoms with Gasteiger partial charge in [0.2, 0.25) is 0 Å². The van der Waals surface area contributed by atoms with Crippen molar-refractivity contribution < 1.29 is 4.74 Å². The molecule has 3 aromatic rings. The molecule has 1 unspecified atom stereocenters. The minimum Gasteiger partial charge on any atom is -0.367 e. The van der Waals surface area contributed by atoms with Crippen LogP contribution in [0.4, 0.5) is 5.82 Å². The van der Waals surface area contributed by atoms with Crippen LogP contribution >= 0.6 is 0 Å². The fourth-order valence-electron chi connectivity index (χ4n) is 3.52. The van der Waals surface area contributed by atoms with Gasteiger partial charge in [0, 0.05) is 11.9 Å². The van der Waals surface area contributed by atoms with Crippen molar-refractivity contribution in [3.05, 3.63) is 66.0 Å². The van der Waals surface area contributed by atoms with Crippen LogP contribution < -0.4 is 4.90 Å². The second-order valence-corrected chi connectivity index (χ2v) is 6.53. The van der Waals surface area contributed by atoms with Crippen molar-refractivity contribution in [1.29, 1.82) is 0 Å². The molecule has 0 saturated carbocycles. The predicted molar refractivity (Wildman–Crippen MR) is 96.2 cm³/mol. The van der Waals surface area contributed by atoms with Gasteiger partial charge in [0.05, 0.1) is 18.7 Å². The SMILES string of the molecule is Cc1cccc2ncnc(N3CCOC(C)(c4ccccc4)C3)c12. The van der Waals surface area contributed by atoms with Crippen LogP contribution in [0.25, 0.3) is 10.9 Å². The number of nitrogens with zero attached hydrogens (tertiary/aromatic N) is 3. The molecule has 0 aliphatic carbocycles. The molecule has 4 rings (SSSR count). The lowest BCUT2D eigenvalue weighted by atomic mass is 9.93. The van der Waals surface area contributed by atoms with E-state index < -0.39 is 0 Å². The number of hydrogen-bond donors (Lipinski definition) is 0. The maximum Gasteiger partial charge on any atom is 0.140 e. The van der Waals surface area contributed by atoms with Crippen LogP contribution in [-0.4, -0.2) is 29.7 Å². The summed E-state index contributed by atoms with van der Waals surface area (Å²) in [6.07, 6.45) is 1.66. The zero-order valence-electron chi connectivity index (χ0n) is 14.1. The molecular weight excluding hydrogens is 298 g/mol. The zero-order valence-corrected chi connectivity index (χ0v) is 14.1. The molecule has 1 aliphatic heterocycles. The molecule has 2 aromatic carbocycles. The van der Waals surface area contributed by atoms with E-state index in [0.717, 1.165) is 29.8 Å². The Balaban J connectivity index is 1.76. The molecule has 24 heavy (non-hydrogen) atoms. The van der Waals surface area contributed by atoms with Crippen molar-refractivity contribution in [2.24, 2.45) is 0 Å². The van der Waals surface area contributed by atoms with Gasteiger partial charge in [-0.2, -0.15) is 0 Å². The topological polar surface area (TPSA) is 38.2 Å². The monoisotopic (exact) mass is 319 g/mol. The fraction of sp³-hybridized carbons (Fsp3) is 0.300. The van der Waals surface area contributed by atoms with E-state index in [0.29, 0.717) is 6.61 Å². The smallest absolute Gasteiger partial charge is 0.140 e. The quantitative estimate of drug-likeness (QED) is 0.722. The van der Waals surface area contributed by atoms with Crippen LogP contribution in [0.15, 0.2) is 54.9 Å². The summed E-state index contributed by atoms with van der Waals surface area (Å²) in [5.74, 6) is 1.00. The van der Waals surface area contributed by atoms with Gasteiger partial charge in [-0.1, -0.05) is 42.5 Å².